The Hall–Kier alpha value is -3.26. The van der Waals surface area contributed by atoms with Gasteiger partial charge in [0, 0.05) is 11.6 Å². The molecule has 0 saturated heterocycles. The number of para-hydroxylation sites is 1. The number of anilines is 1. The van der Waals surface area contributed by atoms with Crippen LogP contribution in [-0.2, 0) is 16.6 Å². The fraction of sp³-hybridized carbons (Fsp3) is 0.0556. The number of pyridine rings is 1. The van der Waals surface area contributed by atoms with E-state index in [2.05, 4.69) is 19.9 Å². The van der Waals surface area contributed by atoms with Gasteiger partial charge < -0.3 is 0 Å². The third kappa shape index (κ3) is 3.14. The van der Waals surface area contributed by atoms with Crippen molar-refractivity contribution in [3.8, 4) is 0 Å². The average molecular weight is 365 g/mol. The van der Waals surface area contributed by atoms with Crippen molar-refractivity contribution in [3.63, 3.8) is 0 Å². The minimum absolute atomic E-state index is 0.102. The zero-order chi connectivity index (χ0) is 18.0. The van der Waals surface area contributed by atoms with Crippen molar-refractivity contribution in [2.24, 2.45) is 0 Å². The van der Waals surface area contributed by atoms with Gasteiger partial charge in [-0.15, -0.1) is 10.2 Å². The molecule has 0 atom stereocenters. The zero-order valence-corrected chi connectivity index (χ0v) is 14.5. The highest BCUT2D eigenvalue weighted by molar-refractivity contribution is 7.93. The highest BCUT2D eigenvalue weighted by atomic mass is 32.2. The van der Waals surface area contributed by atoms with E-state index in [-0.39, 0.29) is 10.8 Å². The summed E-state index contributed by atoms with van der Waals surface area (Å²) in [7, 11) is -3.86. The summed E-state index contributed by atoms with van der Waals surface area (Å²) in [5.74, 6) is 0.154. The molecule has 0 aliphatic heterocycles. The van der Waals surface area contributed by atoms with E-state index in [0.717, 1.165) is 10.9 Å². The number of sulfonamides is 1. The molecule has 0 radical (unpaired) electrons. The molecular weight excluding hydrogens is 350 g/mol. The van der Waals surface area contributed by atoms with E-state index in [4.69, 9.17) is 0 Å². The molecule has 0 fully saturated rings. The topological polar surface area (TPSA) is 89.8 Å². The second-order valence-electron chi connectivity index (χ2n) is 5.70. The number of benzene rings is 2. The Morgan fingerprint density at radius 3 is 2.62 bits per heavy atom. The van der Waals surface area contributed by atoms with Crippen LogP contribution in [0.4, 0.5) is 5.95 Å². The van der Waals surface area contributed by atoms with Gasteiger partial charge in [0.2, 0.25) is 5.95 Å². The smallest absolute Gasteiger partial charge is 0.266 e. The van der Waals surface area contributed by atoms with Crippen molar-refractivity contribution in [2.75, 3.05) is 4.72 Å². The standard InChI is InChI=1S/C18H15N5O2S/c24-26(25,16-10-4-8-15-9-5-11-19-17(15)16)22-18-21-20-13-23(18)12-14-6-2-1-3-7-14/h1-11,13H,12H2,(H,21,22). The van der Waals surface area contributed by atoms with Crippen LogP contribution < -0.4 is 4.72 Å². The molecule has 0 spiro atoms. The molecule has 0 unspecified atom stereocenters. The van der Waals surface area contributed by atoms with E-state index in [1.54, 1.807) is 22.9 Å². The first kappa shape index (κ1) is 16.2. The first-order valence-corrected chi connectivity index (χ1v) is 9.40. The summed E-state index contributed by atoms with van der Waals surface area (Å²) in [4.78, 5) is 4.31. The number of hydrogen-bond acceptors (Lipinski definition) is 5. The van der Waals surface area contributed by atoms with Gasteiger partial charge in [-0.1, -0.05) is 48.5 Å². The number of rotatable bonds is 5. The first-order chi connectivity index (χ1) is 12.6. The maximum Gasteiger partial charge on any atom is 0.266 e. The van der Waals surface area contributed by atoms with Crippen molar-refractivity contribution in [1.29, 1.82) is 0 Å². The van der Waals surface area contributed by atoms with Crippen LogP contribution >= 0.6 is 0 Å². The molecule has 8 heteroatoms. The molecule has 130 valence electrons. The van der Waals surface area contributed by atoms with Gasteiger partial charge in [0.15, 0.2) is 0 Å². The van der Waals surface area contributed by atoms with Gasteiger partial charge in [-0.2, -0.15) is 0 Å². The number of nitrogens with zero attached hydrogens (tertiary/aromatic N) is 4. The number of hydrogen-bond donors (Lipinski definition) is 1. The average Bonchev–Trinajstić information content (AvgIpc) is 3.08. The van der Waals surface area contributed by atoms with Gasteiger partial charge in [-0.05, 0) is 17.7 Å². The summed E-state index contributed by atoms with van der Waals surface area (Å²) in [6.07, 6.45) is 3.06. The Kier molecular flexibility index (Phi) is 4.10. The van der Waals surface area contributed by atoms with E-state index < -0.39 is 10.0 Å². The summed E-state index contributed by atoms with van der Waals surface area (Å²) < 4.78 is 29.9. The summed E-state index contributed by atoms with van der Waals surface area (Å²) in [6.45, 7) is 0.458. The molecule has 0 bridgehead atoms. The van der Waals surface area contributed by atoms with Crippen LogP contribution in [0, 0.1) is 0 Å². The van der Waals surface area contributed by atoms with Gasteiger partial charge in [0.25, 0.3) is 10.0 Å². The first-order valence-electron chi connectivity index (χ1n) is 7.92. The quantitative estimate of drug-likeness (QED) is 0.587. The lowest BCUT2D eigenvalue weighted by atomic mass is 10.2. The minimum atomic E-state index is -3.86. The predicted octanol–water partition coefficient (Wildman–Crippen LogP) is 2.68. The Morgan fingerprint density at radius 2 is 1.77 bits per heavy atom. The summed E-state index contributed by atoms with van der Waals surface area (Å²) >= 11 is 0. The normalized spacial score (nSPS) is 11.5. The predicted molar refractivity (Wildman–Crippen MR) is 98.1 cm³/mol. The lowest BCUT2D eigenvalue weighted by Gasteiger charge is -2.11. The van der Waals surface area contributed by atoms with E-state index in [1.807, 2.05) is 42.5 Å². The SMILES string of the molecule is O=S(=O)(Nc1nncn1Cc1ccccc1)c1cccc2cccnc12. The van der Waals surface area contributed by atoms with Crippen molar-refractivity contribution >= 4 is 26.9 Å². The molecule has 2 aromatic carbocycles. The van der Waals surface area contributed by atoms with Crippen molar-refractivity contribution in [1.82, 2.24) is 19.7 Å². The number of fused-ring (bicyclic) bond motifs is 1. The van der Waals surface area contributed by atoms with Gasteiger partial charge in [0.1, 0.15) is 11.2 Å². The Labute approximate surface area is 150 Å². The maximum atomic E-state index is 12.9. The van der Waals surface area contributed by atoms with Crippen molar-refractivity contribution < 1.29 is 8.42 Å². The Balaban J connectivity index is 1.68. The third-order valence-electron chi connectivity index (χ3n) is 3.92. The van der Waals surface area contributed by atoms with E-state index >= 15 is 0 Å². The Bertz CT molecular complexity index is 1150. The van der Waals surface area contributed by atoms with Gasteiger partial charge in [-0.3, -0.25) is 9.55 Å². The van der Waals surface area contributed by atoms with Crippen LogP contribution in [0.3, 0.4) is 0 Å². The second kappa shape index (κ2) is 6.57. The summed E-state index contributed by atoms with van der Waals surface area (Å²) in [5.41, 5.74) is 1.43. The summed E-state index contributed by atoms with van der Waals surface area (Å²) in [5, 5.41) is 8.49. The highest BCUT2D eigenvalue weighted by Crippen LogP contribution is 2.22. The molecule has 4 aromatic rings. The molecule has 0 amide bonds. The van der Waals surface area contributed by atoms with Gasteiger partial charge in [-0.25, -0.2) is 13.1 Å². The molecule has 26 heavy (non-hydrogen) atoms. The molecule has 0 aliphatic rings. The Morgan fingerprint density at radius 1 is 0.962 bits per heavy atom. The highest BCUT2D eigenvalue weighted by Gasteiger charge is 2.20. The monoisotopic (exact) mass is 365 g/mol. The van der Waals surface area contributed by atoms with E-state index in [1.165, 1.54) is 12.4 Å². The van der Waals surface area contributed by atoms with Gasteiger partial charge in [0.05, 0.1) is 12.1 Å². The van der Waals surface area contributed by atoms with Crippen LogP contribution in [0.5, 0.6) is 0 Å². The zero-order valence-electron chi connectivity index (χ0n) is 13.6. The lowest BCUT2D eigenvalue weighted by molar-refractivity contribution is 0.601. The maximum absolute atomic E-state index is 12.9. The molecule has 1 N–H and O–H groups in total. The molecule has 7 nitrogen and oxygen atoms in total. The molecule has 2 heterocycles. The van der Waals surface area contributed by atoms with Crippen LogP contribution in [0.15, 0.2) is 78.1 Å². The van der Waals surface area contributed by atoms with Crippen LogP contribution in [0.2, 0.25) is 0 Å². The number of aromatic nitrogens is 4. The van der Waals surface area contributed by atoms with Crippen LogP contribution in [-0.4, -0.2) is 28.2 Å². The van der Waals surface area contributed by atoms with E-state index in [9.17, 15) is 8.42 Å². The summed E-state index contributed by atoms with van der Waals surface area (Å²) in [6, 6.07) is 18.3. The third-order valence-corrected chi connectivity index (χ3v) is 5.28. The molecule has 0 saturated carbocycles. The van der Waals surface area contributed by atoms with Crippen molar-refractivity contribution in [3.05, 3.63) is 78.8 Å². The minimum Gasteiger partial charge on any atom is -0.295 e. The lowest BCUT2D eigenvalue weighted by Crippen LogP contribution is -2.17. The van der Waals surface area contributed by atoms with Crippen LogP contribution in [0.25, 0.3) is 10.9 Å². The largest absolute Gasteiger partial charge is 0.295 e. The number of nitrogens with one attached hydrogen (secondary N) is 1. The second-order valence-corrected chi connectivity index (χ2v) is 7.36. The molecule has 0 aliphatic carbocycles. The van der Waals surface area contributed by atoms with Gasteiger partial charge >= 0.3 is 0 Å². The van der Waals surface area contributed by atoms with E-state index in [0.29, 0.717) is 12.1 Å². The fourth-order valence-corrected chi connectivity index (χ4v) is 3.89. The molecular formula is C18H15N5O2S. The fourth-order valence-electron chi connectivity index (χ4n) is 2.70. The van der Waals surface area contributed by atoms with Crippen molar-refractivity contribution in [2.45, 2.75) is 11.4 Å². The molecule has 4 rings (SSSR count). The molecule has 2 aromatic heterocycles. The van der Waals surface area contributed by atoms with Crippen LogP contribution in [0.1, 0.15) is 5.56 Å².